The summed E-state index contributed by atoms with van der Waals surface area (Å²) in [5, 5.41) is 4.73. The van der Waals surface area contributed by atoms with Crippen molar-refractivity contribution in [3.05, 3.63) is 83.0 Å². The molecule has 124 valence electrons. The summed E-state index contributed by atoms with van der Waals surface area (Å²) >= 11 is 1.46. The minimum absolute atomic E-state index is 0.0276. The molecule has 0 saturated heterocycles. The summed E-state index contributed by atoms with van der Waals surface area (Å²) in [6.45, 7) is 0. The predicted molar refractivity (Wildman–Crippen MR) is 104 cm³/mol. The number of para-hydroxylation sites is 2. The molecule has 0 amide bonds. The third kappa shape index (κ3) is 2.90. The number of benzene rings is 2. The number of aromatic nitrogens is 1. The molecule has 4 aromatic rings. The highest BCUT2D eigenvalue weighted by Crippen LogP contribution is 2.34. The number of fused-ring (bicyclic) bond motifs is 1. The second kappa shape index (κ2) is 6.45. The molecule has 5 heteroatoms. The number of hydrogen-bond acceptors (Lipinski definition) is 4. The largest absolute Gasteiger partial charge is 0.487 e. The van der Waals surface area contributed by atoms with Crippen molar-refractivity contribution in [1.29, 1.82) is 0 Å². The topological polar surface area (TPSA) is 43.3 Å². The zero-order valence-electron chi connectivity index (χ0n) is 13.6. The molecular formula is C20H16N2O2S. The highest BCUT2D eigenvalue weighted by Gasteiger charge is 2.15. The molecule has 1 N–H and O–H groups in total. The molecule has 4 nitrogen and oxygen atoms in total. The van der Waals surface area contributed by atoms with Crippen molar-refractivity contribution < 1.29 is 4.74 Å². The lowest BCUT2D eigenvalue weighted by molar-refractivity contribution is 0.427. The summed E-state index contributed by atoms with van der Waals surface area (Å²) in [5.41, 5.74) is 1.88. The molecule has 0 atom stereocenters. The van der Waals surface area contributed by atoms with Crippen LogP contribution < -0.4 is 15.5 Å². The molecule has 0 fully saturated rings. The number of nitrogens with zero attached hydrogens (tertiary/aromatic N) is 1. The lowest BCUT2D eigenvalue weighted by atomic mass is 10.2. The maximum Gasteiger partial charge on any atom is 0.192 e. The Bertz CT molecular complexity index is 1070. The molecular weight excluding hydrogens is 332 g/mol. The van der Waals surface area contributed by atoms with Crippen molar-refractivity contribution in [2.45, 2.75) is 0 Å². The SMILES string of the molecule is COc1cc2c(=O)cc(Nc3ccccc3)n(-c3ccccc3)c2s1. The molecule has 25 heavy (non-hydrogen) atoms. The van der Waals surface area contributed by atoms with Gasteiger partial charge >= 0.3 is 0 Å². The van der Waals surface area contributed by atoms with Crippen LogP contribution in [0.4, 0.5) is 11.5 Å². The van der Waals surface area contributed by atoms with E-state index in [1.165, 1.54) is 11.3 Å². The Morgan fingerprint density at radius 3 is 2.32 bits per heavy atom. The summed E-state index contributed by atoms with van der Waals surface area (Å²) in [5.74, 6) is 0.722. The third-order valence-corrected chi connectivity index (χ3v) is 5.01. The van der Waals surface area contributed by atoms with Crippen LogP contribution in [0.5, 0.6) is 5.06 Å². The first kappa shape index (κ1) is 15.5. The van der Waals surface area contributed by atoms with E-state index in [1.54, 1.807) is 19.2 Å². The van der Waals surface area contributed by atoms with E-state index in [-0.39, 0.29) is 5.43 Å². The van der Waals surface area contributed by atoms with Crippen molar-refractivity contribution in [1.82, 2.24) is 4.57 Å². The molecule has 0 aliphatic heterocycles. The van der Waals surface area contributed by atoms with Crippen molar-refractivity contribution in [2.24, 2.45) is 0 Å². The highest BCUT2D eigenvalue weighted by atomic mass is 32.1. The van der Waals surface area contributed by atoms with Crippen molar-refractivity contribution in [2.75, 3.05) is 12.4 Å². The van der Waals surface area contributed by atoms with Crippen LogP contribution in [-0.4, -0.2) is 11.7 Å². The number of anilines is 2. The number of thiophene rings is 1. The van der Waals surface area contributed by atoms with Gasteiger partial charge in [-0.2, -0.15) is 0 Å². The van der Waals surface area contributed by atoms with Gasteiger partial charge in [-0.1, -0.05) is 47.7 Å². The number of nitrogens with one attached hydrogen (secondary N) is 1. The van der Waals surface area contributed by atoms with Crippen LogP contribution in [0.15, 0.2) is 77.6 Å². The number of rotatable bonds is 4. The highest BCUT2D eigenvalue weighted by molar-refractivity contribution is 7.20. The number of hydrogen-bond donors (Lipinski definition) is 1. The van der Waals surface area contributed by atoms with E-state index in [1.807, 2.05) is 60.7 Å². The molecule has 0 spiro atoms. The Balaban J connectivity index is 1.99. The Kier molecular flexibility index (Phi) is 3.99. The normalized spacial score (nSPS) is 10.8. The summed E-state index contributed by atoms with van der Waals surface area (Å²) in [7, 11) is 1.62. The van der Waals surface area contributed by atoms with E-state index in [2.05, 4.69) is 9.88 Å². The molecule has 2 aromatic heterocycles. The van der Waals surface area contributed by atoms with Gasteiger partial charge in [0.05, 0.1) is 12.5 Å². The van der Waals surface area contributed by atoms with Crippen LogP contribution >= 0.6 is 11.3 Å². The van der Waals surface area contributed by atoms with Gasteiger partial charge in [-0.05, 0) is 24.3 Å². The third-order valence-electron chi connectivity index (χ3n) is 3.93. The lowest BCUT2D eigenvalue weighted by Crippen LogP contribution is -2.10. The van der Waals surface area contributed by atoms with Crippen molar-refractivity contribution >= 4 is 33.1 Å². The summed E-state index contributed by atoms with van der Waals surface area (Å²) in [6.07, 6.45) is 0. The van der Waals surface area contributed by atoms with E-state index in [4.69, 9.17) is 4.74 Å². The average molecular weight is 348 g/mol. The first-order chi connectivity index (χ1) is 12.3. The summed E-state index contributed by atoms with van der Waals surface area (Å²) in [4.78, 5) is 13.5. The van der Waals surface area contributed by atoms with Crippen LogP contribution in [0.2, 0.25) is 0 Å². The van der Waals surface area contributed by atoms with E-state index >= 15 is 0 Å². The first-order valence-electron chi connectivity index (χ1n) is 7.87. The molecule has 2 heterocycles. The number of ether oxygens (including phenoxy) is 1. The molecule has 0 bridgehead atoms. The molecule has 2 aromatic carbocycles. The van der Waals surface area contributed by atoms with E-state index in [0.29, 0.717) is 10.4 Å². The second-order valence-corrected chi connectivity index (χ2v) is 6.54. The van der Waals surface area contributed by atoms with Crippen LogP contribution in [0.3, 0.4) is 0 Å². The summed E-state index contributed by atoms with van der Waals surface area (Å²) in [6, 6.07) is 23.2. The van der Waals surface area contributed by atoms with Crippen LogP contribution in [0.25, 0.3) is 15.9 Å². The predicted octanol–water partition coefficient (Wildman–Crippen LogP) is 4.80. The van der Waals surface area contributed by atoms with Gasteiger partial charge < -0.3 is 10.1 Å². The van der Waals surface area contributed by atoms with Crippen LogP contribution in [0, 0.1) is 0 Å². The first-order valence-corrected chi connectivity index (χ1v) is 8.69. The monoisotopic (exact) mass is 348 g/mol. The Morgan fingerprint density at radius 2 is 1.64 bits per heavy atom. The van der Waals surface area contributed by atoms with E-state index < -0.39 is 0 Å². The zero-order chi connectivity index (χ0) is 17.2. The Morgan fingerprint density at radius 1 is 0.960 bits per heavy atom. The van der Waals surface area contributed by atoms with Gasteiger partial charge in [0.15, 0.2) is 10.5 Å². The molecule has 0 radical (unpaired) electrons. The summed E-state index contributed by atoms with van der Waals surface area (Å²) < 4.78 is 7.40. The fraction of sp³-hybridized carbons (Fsp3) is 0.0500. The van der Waals surface area contributed by atoms with Crippen molar-refractivity contribution in [3.63, 3.8) is 0 Å². The Labute approximate surface area is 148 Å². The second-order valence-electron chi connectivity index (χ2n) is 5.54. The maximum absolute atomic E-state index is 12.6. The van der Waals surface area contributed by atoms with Crippen molar-refractivity contribution in [3.8, 4) is 10.8 Å². The molecule has 0 aliphatic rings. The maximum atomic E-state index is 12.6. The molecule has 0 saturated carbocycles. The minimum Gasteiger partial charge on any atom is -0.487 e. The number of methoxy groups -OCH3 is 1. The van der Waals surface area contributed by atoms with Crippen LogP contribution in [-0.2, 0) is 0 Å². The minimum atomic E-state index is -0.0276. The average Bonchev–Trinajstić information content (AvgIpc) is 3.08. The number of pyridine rings is 1. The molecule has 0 unspecified atom stereocenters. The van der Waals surface area contributed by atoms with E-state index in [0.717, 1.165) is 22.0 Å². The van der Waals surface area contributed by atoms with Gasteiger partial charge in [-0.15, -0.1) is 0 Å². The van der Waals surface area contributed by atoms with Gasteiger partial charge in [0, 0.05) is 23.5 Å². The fourth-order valence-electron chi connectivity index (χ4n) is 2.77. The lowest BCUT2D eigenvalue weighted by Gasteiger charge is -2.16. The van der Waals surface area contributed by atoms with E-state index in [9.17, 15) is 4.79 Å². The smallest absolute Gasteiger partial charge is 0.192 e. The van der Waals surface area contributed by atoms with Gasteiger partial charge in [0.25, 0.3) is 0 Å². The van der Waals surface area contributed by atoms with Gasteiger partial charge in [0.1, 0.15) is 10.6 Å². The van der Waals surface area contributed by atoms with Crippen LogP contribution in [0.1, 0.15) is 0 Å². The fourth-order valence-corrected chi connectivity index (χ4v) is 3.79. The van der Waals surface area contributed by atoms with Gasteiger partial charge in [-0.25, -0.2) is 0 Å². The molecule has 4 rings (SSSR count). The Hall–Kier alpha value is -3.05. The van der Waals surface area contributed by atoms with Gasteiger partial charge in [-0.3, -0.25) is 9.36 Å². The standard InChI is InChI=1S/C20H16N2O2S/c1-24-19-12-16-17(23)13-18(21-14-8-4-2-5-9-14)22(20(16)25-19)15-10-6-3-7-11-15/h2-13,21H,1H3. The van der Waals surface area contributed by atoms with Gasteiger partial charge in [0.2, 0.25) is 0 Å². The zero-order valence-corrected chi connectivity index (χ0v) is 14.4. The molecule has 0 aliphatic carbocycles. The quantitative estimate of drug-likeness (QED) is 0.576.